The number of carbonyl (C=O) groups excluding carboxylic acids is 2. The van der Waals surface area contributed by atoms with Gasteiger partial charge in [0.05, 0.1) is 30.5 Å². The second-order valence-corrected chi connectivity index (χ2v) is 9.63. The fourth-order valence-corrected chi connectivity index (χ4v) is 4.67. The van der Waals surface area contributed by atoms with E-state index in [1.165, 1.54) is 12.1 Å². The van der Waals surface area contributed by atoms with Gasteiger partial charge in [-0.15, -0.1) is 11.3 Å². The number of ether oxygens (including phenoxy) is 1. The van der Waals surface area contributed by atoms with Gasteiger partial charge >= 0.3 is 0 Å². The molecule has 1 aliphatic rings. The third-order valence-corrected chi connectivity index (χ3v) is 7.20. The number of morpholine rings is 1. The van der Waals surface area contributed by atoms with Gasteiger partial charge in [-0.05, 0) is 39.0 Å². The molecule has 2 amide bonds. The van der Waals surface area contributed by atoms with Crippen LogP contribution in [-0.4, -0.2) is 62.4 Å². The van der Waals surface area contributed by atoms with Gasteiger partial charge in [0.25, 0.3) is 11.8 Å². The standard InChI is InChI=1S/C24H29ClFN5O3S.C2H6/c1-14(2)30(5)29-15(3)13-27-23(33)21-20(25)16(4)24(35-21)28-22(32)17-10-18(26)12-19(11-17)31-6-8-34-9-7-31;1-2/h10-12H,1,6-9,13H2,2-5H3,(H,27,33)(H,28,32);1-2H3/b29-15-;. The maximum atomic E-state index is 14.3. The van der Waals surface area contributed by atoms with Crippen LogP contribution in [0.5, 0.6) is 0 Å². The Hall–Kier alpha value is -2.95. The highest BCUT2D eigenvalue weighted by atomic mass is 35.5. The molecule has 0 aliphatic carbocycles. The van der Waals surface area contributed by atoms with Crippen LogP contribution in [-0.2, 0) is 4.74 Å². The van der Waals surface area contributed by atoms with Gasteiger partial charge in [-0.1, -0.05) is 32.0 Å². The van der Waals surface area contributed by atoms with E-state index in [9.17, 15) is 14.0 Å². The molecule has 2 N–H and O–H groups in total. The first-order chi connectivity index (χ1) is 17.6. The van der Waals surface area contributed by atoms with E-state index in [4.69, 9.17) is 16.3 Å². The Morgan fingerprint density at radius 1 is 1.22 bits per heavy atom. The number of allylic oxidation sites excluding steroid dienone is 1. The van der Waals surface area contributed by atoms with E-state index in [-0.39, 0.29) is 27.9 Å². The van der Waals surface area contributed by atoms with E-state index in [1.807, 2.05) is 25.7 Å². The molecule has 8 nitrogen and oxygen atoms in total. The van der Waals surface area contributed by atoms with Gasteiger partial charge in [-0.3, -0.25) is 14.6 Å². The second kappa shape index (κ2) is 14.1. The molecule has 0 saturated carbocycles. The summed E-state index contributed by atoms with van der Waals surface area (Å²) in [6, 6.07) is 4.23. The maximum absolute atomic E-state index is 14.3. The lowest BCUT2D eigenvalue weighted by Crippen LogP contribution is -2.36. The first-order valence-corrected chi connectivity index (χ1v) is 13.2. The highest BCUT2D eigenvalue weighted by Gasteiger charge is 2.22. The van der Waals surface area contributed by atoms with Crippen LogP contribution in [0, 0.1) is 12.7 Å². The molecule has 0 spiro atoms. The number of amides is 2. The van der Waals surface area contributed by atoms with Crippen molar-refractivity contribution in [2.45, 2.75) is 34.6 Å². The smallest absolute Gasteiger partial charge is 0.263 e. The lowest BCUT2D eigenvalue weighted by Gasteiger charge is -2.29. The van der Waals surface area contributed by atoms with E-state index in [0.717, 1.165) is 17.0 Å². The molecule has 1 aromatic heterocycles. The van der Waals surface area contributed by atoms with Gasteiger partial charge in [0.15, 0.2) is 0 Å². The summed E-state index contributed by atoms with van der Waals surface area (Å²) in [4.78, 5) is 27.9. The third-order valence-electron chi connectivity index (χ3n) is 5.41. The minimum Gasteiger partial charge on any atom is -0.378 e. The average molecular weight is 552 g/mol. The summed E-state index contributed by atoms with van der Waals surface area (Å²) in [7, 11) is 1.77. The molecule has 0 radical (unpaired) electrons. The number of thiophene rings is 1. The lowest BCUT2D eigenvalue weighted by atomic mass is 10.1. The van der Waals surface area contributed by atoms with Gasteiger partial charge in [-0.25, -0.2) is 4.39 Å². The molecular formula is C26H35ClFN5O3S. The van der Waals surface area contributed by atoms with Gasteiger partial charge in [-0.2, -0.15) is 5.10 Å². The molecule has 2 heterocycles. The fourth-order valence-electron chi connectivity index (χ4n) is 3.31. The number of rotatable bonds is 8. The minimum atomic E-state index is -0.505. The molecule has 1 fully saturated rings. The van der Waals surface area contributed by atoms with Crippen molar-refractivity contribution in [3.63, 3.8) is 0 Å². The van der Waals surface area contributed by atoms with E-state index in [2.05, 4.69) is 22.3 Å². The van der Waals surface area contributed by atoms with Crippen molar-refractivity contribution in [1.29, 1.82) is 0 Å². The zero-order chi connectivity index (χ0) is 27.7. The van der Waals surface area contributed by atoms with Crippen molar-refractivity contribution in [2.24, 2.45) is 5.10 Å². The van der Waals surface area contributed by atoms with E-state index in [1.54, 1.807) is 32.0 Å². The lowest BCUT2D eigenvalue weighted by molar-refractivity contribution is 0.0962. The summed E-state index contributed by atoms with van der Waals surface area (Å²) in [6.07, 6.45) is 0. The Morgan fingerprint density at radius 2 is 1.86 bits per heavy atom. The summed E-state index contributed by atoms with van der Waals surface area (Å²) in [5.41, 5.74) is 2.81. The Balaban J connectivity index is 0.00000235. The van der Waals surface area contributed by atoms with Gasteiger partial charge in [0, 0.05) is 42.6 Å². The predicted molar refractivity (Wildman–Crippen MR) is 151 cm³/mol. The first-order valence-electron chi connectivity index (χ1n) is 12.0. The largest absolute Gasteiger partial charge is 0.378 e. The number of hydrogen-bond donors (Lipinski definition) is 2. The minimum absolute atomic E-state index is 0.176. The number of nitrogens with zero attached hydrogens (tertiary/aromatic N) is 3. The van der Waals surface area contributed by atoms with Crippen molar-refractivity contribution in [1.82, 2.24) is 10.3 Å². The van der Waals surface area contributed by atoms with Crippen LogP contribution in [0.25, 0.3) is 0 Å². The molecule has 1 aromatic carbocycles. The third kappa shape index (κ3) is 8.28. The summed E-state index contributed by atoms with van der Waals surface area (Å²) >= 11 is 7.46. The van der Waals surface area contributed by atoms with Crippen molar-refractivity contribution < 1.29 is 18.7 Å². The Morgan fingerprint density at radius 3 is 2.49 bits per heavy atom. The monoisotopic (exact) mass is 551 g/mol. The van der Waals surface area contributed by atoms with Crippen molar-refractivity contribution >= 4 is 51.2 Å². The molecule has 0 bridgehead atoms. The molecule has 3 rings (SSSR count). The number of benzene rings is 1. The van der Waals surface area contributed by atoms with E-state index in [0.29, 0.717) is 48.3 Å². The number of carbonyl (C=O) groups is 2. The number of anilines is 2. The Kier molecular flexibility index (Phi) is 11.5. The normalized spacial score (nSPS) is 13.4. The van der Waals surface area contributed by atoms with Crippen molar-refractivity contribution in [3.05, 3.63) is 57.3 Å². The number of nitrogens with one attached hydrogen (secondary N) is 2. The van der Waals surface area contributed by atoms with Crippen LogP contribution in [0.3, 0.4) is 0 Å². The maximum Gasteiger partial charge on any atom is 0.263 e. The van der Waals surface area contributed by atoms with Crippen molar-refractivity contribution in [2.75, 3.05) is 50.1 Å². The van der Waals surface area contributed by atoms with E-state index >= 15 is 0 Å². The van der Waals surface area contributed by atoms with Gasteiger partial charge in [0.1, 0.15) is 15.7 Å². The quantitative estimate of drug-likeness (QED) is 0.332. The average Bonchev–Trinajstić information content (AvgIpc) is 3.17. The van der Waals surface area contributed by atoms with Crippen LogP contribution >= 0.6 is 22.9 Å². The molecule has 202 valence electrons. The highest BCUT2D eigenvalue weighted by Crippen LogP contribution is 2.37. The summed E-state index contributed by atoms with van der Waals surface area (Å²) in [6.45, 7) is 15.7. The zero-order valence-corrected chi connectivity index (χ0v) is 23.8. The van der Waals surface area contributed by atoms with Gasteiger partial charge in [0.2, 0.25) is 0 Å². The number of hydrogen-bond acceptors (Lipinski definition) is 7. The van der Waals surface area contributed by atoms with E-state index < -0.39 is 11.7 Å². The van der Waals surface area contributed by atoms with Crippen LogP contribution in [0.1, 0.15) is 53.3 Å². The summed E-state index contributed by atoms with van der Waals surface area (Å²) in [5.74, 6) is -1.37. The topological polar surface area (TPSA) is 86.3 Å². The zero-order valence-electron chi connectivity index (χ0n) is 22.2. The molecular weight excluding hydrogens is 517 g/mol. The molecule has 1 saturated heterocycles. The predicted octanol–water partition coefficient (Wildman–Crippen LogP) is 5.54. The van der Waals surface area contributed by atoms with Crippen LogP contribution < -0.4 is 15.5 Å². The number of halogens is 2. The molecule has 0 unspecified atom stereocenters. The molecule has 2 aromatic rings. The molecule has 11 heteroatoms. The highest BCUT2D eigenvalue weighted by molar-refractivity contribution is 7.19. The SMILES string of the molecule is C=C(C)N(C)/N=C(/C)CNC(=O)c1sc(NC(=O)c2cc(F)cc(N3CCOCC3)c2)c(C)c1Cl.CC. The van der Waals surface area contributed by atoms with Crippen LogP contribution in [0.4, 0.5) is 15.1 Å². The van der Waals surface area contributed by atoms with Crippen LogP contribution in [0.15, 0.2) is 35.6 Å². The fraction of sp³-hybridized carbons (Fsp3) is 0.423. The summed E-state index contributed by atoms with van der Waals surface area (Å²) in [5, 5.41) is 12.2. The second-order valence-electron chi connectivity index (χ2n) is 8.23. The summed E-state index contributed by atoms with van der Waals surface area (Å²) < 4.78 is 19.6. The first kappa shape index (κ1) is 30.3. The van der Waals surface area contributed by atoms with Crippen molar-refractivity contribution in [3.8, 4) is 0 Å². The van der Waals surface area contributed by atoms with Crippen LogP contribution in [0.2, 0.25) is 5.02 Å². The number of hydrazone groups is 1. The van der Waals surface area contributed by atoms with Gasteiger partial charge < -0.3 is 20.3 Å². The molecule has 1 aliphatic heterocycles. The molecule has 0 atom stereocenters. The molecule has 37 heavy (non-hydrogen) atoms. The Bertz CT molecular complexity index is 1160. The Labute approximate surface area is 227 Å².